The van der Waals surface area contributed by atoms with E-state index < -0.39 is 24.1 Å². The molecule has 160 valence electrons. The molecule has 0 radical (unpaired) electrons. The fourth-order valence-electron chi connectivity index (χ4n) is 2.80. The number of halogens is 2. The Labute approximate surface area is 177 Å². The maximum atomic E-state index is 15.0. The first-order valence-electron chi connectivity index (χ1n) is 9.33. The van der Waals surface area contributed by atoms with Crippen LogP contribution in [0.5, 0.6) is 0 Å². The summed E-state index contributed by atoms with van der Waals surface area (Å²) in [5.74, 6) is -0.551. The number of esters is 1. The molecule has 3 rings (SSSR count). The van der Waals surface area contributed by atoms with Crippen molar-refractivity contribution in [3.8, 4) is 10.4 Å². The minimum absolute atomic E-state index is 0.111. The molecule has 0 saturated heterocycles. The molecule has 5 nitrogen and oxygen atoms in total. The summed E-state index contributed by atoms with van der Waals surface area (Å²) in [6, 6.07) is 14.9. The van der Waals surface area contributed by atoms with Gasteiger partial charge in [-0.15, -0.1) is 11.3 Å². The van der Waals surface area contributed by atoms with Crippen molar-refractivity contribution in [2.45, 2.75) is 26.1 Å². The van der Waals surface area contributed by atoms with Crippen LogP contribution < -0.4 is 0 Å². The van der Waals surface area contributed by atoms with E-state index in [2.05, 4.69) is 0 Å². The van der Waals surface area contributed by atoms with Gasteiger partial charge < -0.3 is 13.8 Å². The van der Waals surface area contributed by atoms with Crippen LogP contribution in [0.1, 0.15) is 34.6 Å². The summed E-state index contributed by atoms with van der Waals surface area (Å²) >= 11 is 0.735. The third kappa shape index (κ3) is 4.62. The topological polar surface area (TPSA) is 61.8 Å². The average molecular weight is 454 g/mol. The lowest BCUT2D eigenvalue weighted by atomic mass is 10.2. The molecular weight excluding hydrogens is 433 g/mol. The Balaban J connectivity index is 1.84. The van der Waals surface area contributed by atoms with Crippen LogP contribution in [0.4, 0.5) is 8.78 Å². The second kappa shape index (κ2) is 9.35. The van der Waals surface area contributed by atoms with Crippen molar-refractivity contribution in [1.82, 2.24) is 0 Å². The third-order valence-corrected chi connectivity index (χ3v) is 7.67. The summed E-state index contributed by atoms with van der Waals surface area (Å²) in [5, 5.41) is 0. The van der Waals surface area contributed by atoms with E-state index in [0.29, 0.717) is 10.4 Å². The normalized spacial score (nSPS) is 12.3. The average Bonchev–Trinajstić information content (AvgIpc) is 3.16. The molecule has 2 aliphatic rings. The van der Waals surface area contributed by atoms with Gasteiger partial charge in [-0.2, -0.15) is 8.78 Å². The zero-order valence-electron chi connectivity index (χ0n) is 16.5. The molecule has 1 aliphatic heterocycles. The molecule has 0 spiro atoms. The maximum Gasteiger partial charge on any atom is 0.405 e. The molecule has 0 bridgehead atoms. The van der Waals surface area contributed by atoms with Gasteiger partial charge >= 0.3 is 19.2 Å². The molecule has 0 aromatic heterocycles. The molecule has 0 fully saturated rings. The quantitative estimate of drug-likeness (QED) is 0.272. The van der Waals surface area contributed by atoms with Crippen molar-refractivity contribution in [3.05, 3.63) is 70.6 Å². The molecule has 9 heteroatoms. The fourth-order valence-corrected chi connectivity index (χ4v) is 5.62. The monoisotopic (exact) mass is 454 g/mol. The molecule has 1 heterocycles. The van der Waals surface area contributed by atoms with E-state index in [9.17, 15) is 18.1 Å². The van der Waals surface area contributed by atoms with Crippen LogP contribution in [0.25, 0.3) is 10.4 Å². The van der Waals surface area contributed by atoms with Crippen LogP contribution >= 0.6 is 18.9 Å². The van der Waals surface area contributed by atoms with Gasteiger partial charge in [-0.1, -0.05) is 36.4 Å². The lowest BCUT2D eigenvalue weighted by Crippen LogP contribution is -2.17. The van der Waals surface area contributed by atoms with Crippen LogP contribution in [-0.4, -0.2) is 19.2 Å². The summed E-state index contributed by atoms with van der Waals surface area (Å²) in [6.07, 6.45) is 0. The van der Waals surface area contributed by atoms with Crippen LogP contribution in [0.2, 0.25) is 0 Å². The molecule has 1 aliphatic carbocycles. The Morgan fingerprint density at radius 2 is 1.70 bits per heavy atom. The minimum Gasteiger partial charge on any atom is -0.457 e. The summed E-state index contributed by atoms with van der Waals surface area (Å²) < 4.78 is 57.6. The van der Waals surface area contributed by atoms with E-state index in [-0.39, 0.29) is 25.4 Å². The highest BCUT2D eigenvalue weighted by Crippen LogP contribution is 2.67. The van der Waals surface area contributed by atoms with Crippen LogP contribution in [0.15, 0.2) is 54.6 Å². The van der Waals surface area contributed by atoms with Crippen LogP contribution in [-0.2, 0) is 30.6 Å². The Morgan fingerprint density at radius 1 is 1.03 bits per heavy atom. The summed E-state index contributed by atoms with van der Waals surface area (Å²) in [7, 11) is -4.69. The molecule has 1 aromatic rings. The van der Waals surface area contributed by atoms with Gasteiger partial charge in [0.25, 0.3) is 0 Å². The standard InChI is InChI=1S/C21H21F2O5PS/c1-3-27-29(25,28-4-2)21(22,23)19-11-10-16-12-17(13-18(16)30-19)20(24)26-14-15-8-6-5-7-9-15/h5-13H,3-4,14H2,1-2H3. The number of carbonyl (C=O) groups excluding carboxylic acids is 1. The van der Waals surface area contributed by atoms with Gasteiger partial charge in [0.05, 0.1) is 23.7 Å². The second-order valence-electron chi connectivity index (χ2n) is 6.30. The molecule has 0 saturated carbocycles. The number of hydrogen-bond donors (Lipinski definition) is 0. The zero-order valence-corrected chi connectivity index (χ0v) is 18.2. The van der Waals surface area contributed by atoms with E-state index in [0.717, 1.165) is 16.9 Å². The first-order chi connectivity index (χ1) is 14.3. The summed E-state index contributed by atoms with van der Waals surface area (Å²) in [6.45, 7) is 2.71. The van der Waals surface area contributed by atoms with E-state index in [1.54, 1.807) is 6.07 Å². The maximum absolute atomic E-state index is 15.0. The van der Waals surface area contributed by atoms with Gasteiger partial charge in [-0.3, -0.25) is 4.57 Å². The summed E-state index contributed by atoms with van der Waals surface area (Å²) in [4.78, 5) is 12.3. The number of hydrogen-bond acceptors (Lipinski definition) is 6. The SMILES string of the molecule is CCOP(=O)(OCC)C(F)(F)c1ccc2cc(C(=O)OCc3ccccc3)cc-2s1. The first-order valence-corrected chi connectivity index (χ1v) is 11.7. The van der Waals surface area contributed by atoms with Gasteiger partial charge in [-0.05, 0) is 43.2 Å². The highest BCUT2D eigenvalue weighted by molar-refractivity contribution is 7.55. The minimum atomic E-state index is -4.69. The number of fused-ring (bicyclic) bond motifs is 1. The molecular formula is C21H21F2O5PS. The zero-order chi connectivity index (χ0) is 21.8. The van der Waals surface area contributed by atoms with E-state index in [4.69, 9.17) is 13.8 Å². The van der Waals surface area contributed by atoms with E-state index in [1.165, 1.54) is 32.0 Å². The van der Waals surface area contributed by atoms with Crippen molar-refractivity contribution in [3.63, 3.8) is 0 Å². The highest BCUT2D eigenvalue weighted by atomic mass is 32.1. The van der Waals surface area contributed by atoms with Crippen molar-refractivity contribution in [2.24, 2.45) is 0 Å². The Kier molecular flexibility index (Phi) is 7.03. The molecule has 1 aromatic carbocycles. The van der Waals surface area contributed by atoms with Gasteiger partial charge in [-0.25, -0.2) is 4.79 Å². The Hall–Kier alpha value is -2.12. The Bertz CT molecular complexity index is 1010. The predicted molar refractivity (Wildman–Crippen MR) is 111 cm³/mol. The lowest BCUT2D eigenvalue weighted by molar-refractivity contribution is 0.0390. The second-order valence-corrected chi connectivity index (χ2v) is 9.46. The largest absolute Gasteiger partial charge is 0.457 e. The van der Waals surface area contributed by atoms with Gasteiger partial charge in [0.2, 0.25) is 0 Å². The number of ether oxygens (including phenoxy) is 1. The predicted octanol–water partition coefficient (Wildman–Crippen LogP) is 6.53. The van der Waals surface area contributed by atoms with Gasteiger partial charge in [0.15, 0.2) is 0 Å². The van der Waals surface area contributed by atoms with Crippen LogP contribution in [0, 0.1) is 0 Å². The van der Waals surface area contributed by atoms with Crippen molar-refractivity contribution >= 4 is 24.9 Å². The Morgan fingerprint density at radius 3 is 2.33 bits per heavy atom. The highest BCUT2D eigenvalue weighted by Gasteiger charge is 2.55. The first kappa shape index (κ1) is 22.6. The molecule has 0 unspecified atom stereocenters. The van der Waals surface area contributed by atoms with Crippen molar-refractivity contribution in [2.75, 3.05) is 13.2 Å². The number of benzene rings is 1. The molecule has 0 amide bonds. The molecule has 0 N–H and O–H groups in total. The number of carbonyl (C=O) groups is 1. The number of alkyl halides is 2. The van der Waals surface area contributed by atoms with Crippen molar-refractivity contribution < 1.29 is 31.9 Å². The van der Waals surface area contributed by atoms with Crippen molar-refractivity contribution in [1.29, 1.82) is 0 Å². The third-order valence-electron chi connectivity index (χ3n) is 4.20. The molecule has 0 atom stereocenters. The lowest BCUT2D eigenvalue weighted by Gasteiger charge is -2.25. The summed E-state index contributed by atoms with van der Waals surface area (Å²) in [5.41, 5.74) is -2.11. The fraction of sp³-hybridized carbons (Fsp3) is 0.286. The van der Waals surface area contributed by atoms with E-state index in [1.807, 2.05) is 30.3 Å². The number of rotatable bonds is 9. The van der Waals surface area contributed by atoms with Crippen LogP contribution in [0.3, 0.4) is 0 Å². The van der Waals surface area contributed by atoms with Gasteiger partial charge in [0, 0.05) is 4.88 Å². The van der Waals surface area contributed by atoms with E-state index >= 15 is 0 Å². The molecule has 30 heavy (non-hydrogen) atoms. The van der Waals surface area contributed by atoms with Gasteiger partial charge in [0.1, 0.15) is 6.61 Å². The smallest absolute Gasteiger partial charge is 0.405 e.